The number of methoxy groups -OCH3 is 3. The molecule has 0 radical (unpaired) electrons. The number of carbonyl (C=O) groups is 6. The lowest BCUT2D eigenvalue weighted by Crippen LogP contribution is -2.56. The smallest absolute Gasteiger partial charge is 0.350 e. The van der Waals surface area contributed by atoms with Crippen molar-refractivity contribution in [2.45, 2.75) is 38.9 Å². The van der Waals surface area contributed by atoms with Crippen molar-refractivity contribution in [1.29, 1.82) is 0 Å². The maximum atomic E-state index is 13.9. The average molecular weight is 763 g/mol. The number of ether oxygens (including phenoxy) is 3. The maximum absolute atomic E-state index is 13.9. The first kappa shape index (κ1) is 45.5. The van der Waals surface area contributed by atoms with Crippen LogP contribution in [-0.2, 0) is 55.2 Å². The van der Waals surface area contributed by atoms with Crippen molar-refractivity contribution in [1.82, 2.24) is 39.9 Å². The number of fused-ring (bicyclic) bond motifs is 1. The number of carbonyl (C=O) groups excluding carboxylic acids is 5. The Hall–Kier alpha value is -4.62. The van der Waals surface area contributed by atoms with Crippen LogP contribution in [0, 0.1) is 0 Å². The van der Waals surface area contributed by atoms with Crippen LogP contribution in [0.2, 0.25) is 0 Å². The van der Waals surface area contributed by atoms with Gasteiger partial charge in [0.1, 0.15) is 0 Å². The Kier molecular flexibility index (Phi) is 19.0. The summed E-state index contributed by atoms with van der Waals surface area (Å²) in [5.74, 6) is -3.62. The summed E-state index contributed by atoms with van der Waals surface area (Å²) in [6.45, 7) is 2.87. The molecule has 0 saturated heterocycles. The molecule has 3 N–H and O–H groups in total. The third-order valence-electron chi connectivity index (χ3n) is 9.20. The summed E-state index contributed by atoms with van der Waals surface area (Å²) in [6.07, 6.45) is -0.0356. The molecular formula is C36H58N8O10. The van der Waals surface area contributed by atoms with Gasteiger partial charge in [-0.3, -0.25) is 29.4 Å². The van der Waals surface area contributed by atoms with Gasteiger partial charge in [-0.05, 0) is 31.5 Å². The van der Waals surface area contributed by atoms with Crippen molar-refractivity contribution in [2.75, 3.05) is 108 Å². The Balaban J connectivity index is 2.32. The highest BCUT2D eigenvalue weighted by Crippen LogP contribution is 2.31. The zero-order valence-electron chi connectivity index (χ0n) is 32.9. The molecule has 0 aliphatic carbocycles. The van der Waals surface area contributed by atoms with Gasteiger partial charge in [0.25, 0.3) is 0 Å². The van der Waals surface area contributed by atoms with Crippen molar-refractivity contribution in [3.05, 3.63) is 36.0 Å². The van der Waals surface area contributed by atoms with Gasteiger partial charge < -0.3 is 48.8 Å². The number of aliphatic carboxylic acids is 1. The summed E-state index contributed by atoms with van der Waals surface area (Å²) in [5, 5.41) is 15.8. The lowest BCUT2D eigenvalue weighted by molar-refractivity contribution is -0.164. The van der Waals surface area contributed by atoms with Crippen LogP contribution in [0.15, 0.2) is 30.3 Å². The van der Waals surface area contributed by atoms with Gasteiger partial charge in [-0.15, -0.1) is 0 Å². The van der Waals surface area contributed by atoms with Crippen LogP contribution in [0.5, 0.6) is 0 Å². The van der Waals surface area contributed by atoms with Crippen LogP contribution in [0.25, 0.3) is 10.9 Å². The predicted molar refractivity (Wildman–Crippen MR) is 200 cm³/mol. The zero-order chi connectivity index (χ0) is 40.4. The summed E-state index contributed by atoms with van der Waals surface area (Å²) in [6, 6.07) is 9.22. The minimum absolute atomic E-state index is 0.0343. The van der Waals surface area contributed by atoms with E-state index in [4.69, 9.17) is 14.2 Å². The normalized spacial score (nSPS) is 12.3. The molecule has 18 heteroatoms. The number of nitrogens with one attached hydrogen (secondary N) is 2. The molecule has 1 heterocycles. The SMILES string of the molecule is CCC(=O)NCC(=O)N(CCOC)CC(=O)N(CCOC)CC(=O)N(CCOC)CCC(=O)N(C)C(C)(C(=O)O)n1c(CN(C)NC)cc2ccccc21. The van der Waals surface area contributed by atoms with Crippen molar-refractivity contribution >= 4 is 46.4 Å². The molecule has 0 fully saturated rings. The number of rotatable bonds is 25. The van der Waals surface area contributed by atoms with E-state index < -0.39 is 35.3 Å². The number of hydrazine groups is 1. The molecule has 1 aromatic carbocycles. The second-order valence-electron chi connectivity index (χ2n) is 12.8. The molecule has 54 heavy (non-hydrogen) atoms. The van der Waals surface area contributed by atoms with E-state index in [1.807, 2.05) is 25.2 Å². The topological polar surface area (TPSA) is 196 Å². The summed E-state index contributed by atoms with van der Waals surface area (Å²) < 4.78 is 17.1. The largest absolute Gasteiger partial charge is 0.478 e. The minimum Gasteiger partial charge on any atom is -0.478 e. The molecule has 1 aromatic heterocycles. The fourth-order valence-electron chi connectivity index (χ4n) is 5.68. The van der Waals surface area contributed by atoms with Gasteiger partial charge in [-0.2, -0.15) is 0 Å². The van der Waals surface area contributed by atoms with E-state index in [-0.39, 0.29) is 84.4 Å². The Labute approximate surface area is 317 Å². The van der Waals surface area contributed by atoms with E-state index in [1.165, 1.54) is 54.9 Å². The van der Waals surface area contributed by atoms with Crippen molar-refractivity contribution in [3.63, 3.8) is 0 Å². The zero-order valence-corrected chi connectivity index (χ0v) is 32.9. The number of amides is 5. The fraction of sp³-hybridized carbons (Fsp3) is 0.611. The first-order chi connectivity index (χ1) is 25.7. The lowest BCUT2D eigenvalue weighted by Gasteiger charge is -2.39. The third-order valence-corrected chi connectivity index (χ3v) is 9.20. The molecule has 1 unspecified atom stereocenters. The molecule has 0 bridgehead atoms. The highest BCUT2D eigenvalue weighted by atomic mass is 16.5. The van der Waals surface area contributed by atoms with Gasteiger partial charge in [0.2, 0.25) is 35.2 Å². The molecule has 18 nitrogen and oxygen atoms in total. The number of benzene rings is 1. The summed E-state index contributed by atoms with van der Waals surface area (Å²) >= 11 is 0. The summed E-state index contributed by atoms with van der Waals surface area (Å²) in [5.41, 5.74) is 2.46. The van der Waals surface area contributed by atoms with E-state index in [9.17, 15) is 33.9 Å². The molecule has 0 aliphatic rings. The number of likely N-dealkylation sites (N-methyl/N-ethyl adjacent to an activating group) is 1. The van der Waals surface area contributed by atoms with E-state index in [2.05, 4.69) is 10.7 Å². The maximum Gasteiger partial charge on any atom is 0.350 e. The standard InChI is InChI=1S/C36H58N8O10/c1-9-30(45)38-23-32(47)42(17-20-53-7)26-34(49)43(18-21-54-8)25-33(48)41(16-19-52-6)15-14-31(46)40(5)36(2,35(50)51)44-28(24-39(4)37-3)22-27-12-10-11-13-29(27)44/h10-13,22,37H,9,14-21,23-26H2,1-8H3,(H,38,45)(H,50,51). The highest BCUT2D eigenvalue weighted by molar-refractivity contribution is 5.91. The van der Waals surface area contributed by atoms with Crippen molar-refractivity contribution in [3.8, 4) is 0 Å². The Bertz CT molecular complexity index is 1570. The number of hydrogen-bond acceptors (Lipinski definition) is 11. The molecule has 0 aliphatic heterocycles. The van der Waals surface area contributed by atoms with Gasteiger partial charge in [-0.25, -0.2) is 9.80 Å². The van der Waals surface area contributed by atoms with E-state index in [0.29, 0.717) is 17.8 Å². The molecule has 5 amide bonds. The molecule has 2 rings (SSSR count). The number of hydrogen-bond donors (Lipinski definition) is 3. The first-order valence-electron chi connectivity index (χ1n) is 17.7. The molecule has 0 saturated carbocycles. The fourth-order valence-corrected chi connectivity index (χ4v) is 5.68. The lowest BCUT2D eigenvalue weighted by atomic mass is 10.1. The number of nitrogens with zero attached hydrogens (tertiary/aromatic N) is 6. The number of aromatic nitrogens is 1. The summed E-state index contributed by atoms with van der Waals surface area (Å²) in [4.78, 5) is 84.1. The van der Waals surface area contributed by atoms with E-state index in [1.54, 1.807) is 35.7 Å². The van der Waals surface area contributed by atoms with Crippen LogP contribution in [-0.4, -0.2) is 178 Å². The van der Waals surface area contributed by atoms with E-state index >= 15 is 0 Å². The third kappa shape index (κ3) is 12.5. The van der Waals surface area contributed by atoms with Gasteiger partial charge in [0.15, 0.2) is 0 Å². The quantitative estimate of drug-likeness (QED) is 0.113. The monoisotopic (exact) mass is 762 g/mol. The van der Waals surface area contributed by atoms with Crippen LogP contribution in [0.4, 0.5) is 0 Å². The van der Waals surface area contributed by atoms with E-state index in [0.717, 1.165) is 5.39 Å². The van der Waals surface area contributed by atoms with Gasteiger partial charge >= 0.3 is 5.97 Å². The molecule has 302 valence electrons. The first-order valence-corrected chi connectivity index (χ1v) is 17.7. The Morgan fingerprint density at radius 3 is 1.87 bits per heavy atom. The number of carboxylic acids is 1. The second kappa shape index (κ2) is 22.6. The Morgan fingerprint density at radius 1 is 0.796 bits per heavy atom. The molecule has 2 aromatic rings. The van der Waals surface area contributed by atoms with Crippen LogP contribution in [0.3, 0.4) is 0 Å². The highest BCUT2D eigenvalue weighted by Gasteiger charge is 2.44. The van der Waals surface area contributed by atoms with Crippen LogP contribution in [0.1, 0.15) is 32.4 Å². The summed E-state index contributed by atoms with van der Waals surface area (Å²) in [7, 11) is 9.36. The molecule has 0 spiro atoms. The van der Waals surface area contributed by atoms with Gasteiger partial charge in [0.05, 0.1) is 51.5 Å². The average Bonchev–Trinajstić information content (AvgIpc) is 3.53. The van der Waals surface area contributed by atoms with Crippen LogP contribution < -0.4 is 10.7 Å². The van der Waals surface area contributed by atoms with Gasteiger partial charge in [-0.1, -0.05) is 25.1 Å². The van der Waals surface area contributed by atoms with Gasteiger partial charge in [0, 0.05) is 80.1 Å². The van der Waals surface area contributed by atoms with Crippen molar-refractivity contribution in [2.24, 2.45) is 0 Å². The number of para-hydroxylation sites is 1. The predicted octanol–water partition coefficient (Wildman–Crippen LogP) is -0.235. The molecule has 1 atom stereocenters. The van der Waals surface area contributed by atoms with Crippen LogP contribution >= 0.6 is 0 Å². The van der Waals surface area contributed by atoms with Crippen molar-refractivity contribution < 1.29 is 48.1 Å². The Morgan fingerprint density at radius 2 is 1.33 bits per heavy atom. The second-order valence-corrected chi connectivity index (χ2v) is 12.8. The minimum atomic E-state index is -1.85. The number of carboxylic acid groups (broad SMARTS) is 1. The molecular weight excluding hydrogens is 704 g/mol.